The van der Waals surface area contributed by atoms with E-state index in [1.54, 1.807) is 11.9 Å². The number of ether oxygens (including phenoxy) is 1. The van der Waals surface area contributed by atoms with E-state index in [4.69, 9.17) is 4.74 Å². The van der Waals surface area contributed by atoms with Crippen molar-refractivity contribution in [1.82, 2.24) is 4.90 Å². The number of amides is 1. The second kappa shape index (κ2) is 8.63. The molecule has 0 bridgehead atoms. The number of carbonyl (C=O) groups excluding carboxylic acids is 1. The van der Waals surface area contributed by atoms with Crippen molar-refractivity contribution in [3.63, 3.8) is 0 Å². The Bertz CT molecular complexity index is 293. The number of hydrogen-bond donors (Lipinski definition) is 1. The molecule has 0 aromatic carbocycles. The van der Waals surface area contributed by atoms with Gasteiger partial charge in [0, 0.05) is 7.05 Å². The van der Waals surface area contributed by atoms with Crippen molar-refractivity contribution in [2.75, 3.05) is 20.3 Å². The second-order valence-corrected chi connectivity index (χ2v) is 6.68. The average Bonchev–Trinajstić information content (AvgIpc) is 2.41. The Hall–Kier alpha value is -0.610. The maximum absolute atomic E-state index is 12.1. The van der Waals surface area contributed by atoms with Crippen LogP contribution in [0.4, 0.5) is 0 Å². The van der Waals surface area contributed by atoms with Crippen molar-refractivity contribution in [2.24, 2.45) is 11.8 Å². The summed E-state index contributed by atoms with van der Waals surface area (Å²) in [5.41, 5.74) is 0. The van der Waals surface area contributed by atoms with E-state index < -0.39 is 0 Å². The van der Waals surface area contributed by atoms with Crippen LogP contribution in [-0.2, 0) is 9.53 Å². The lowest BCUT2D eigenvalue weighted by atomic mass is 9.89. The summed E-state index contributed by atoms with van der Waals surface area (Å²) in [5, 5.41) is 9.41. The Balaban J connectivity index is 2.36. The number of carbonyl (C=O) groups is 1. The summed E-state index contributed by atoms with van der Waals surface area (Å²) < 4.78 is 5.76. The number of nitrogens with zero attached hydrogens (tertiary/aromatic N) is 1. The van der Waals surface area contributed by atoms with E-state index in [2.05, 4.69) is 20.8 Å². The molecule has 1 saturated carbocycles. The molecule has 1 rings (SSSR count). The van der Waals surface area contributed by atoms with E-state index in [0.717, 1.165) is 19.3 Å². The van der Waals surface area contributed by atoms with E-state index in [9.17, 15) is 9.90 Å². The normalized spacial score (nSPS) is 24.7. The highest BCUT2D eigenvalue weighted by Gasteiger charge is 2.23. The molecule has 0 aliphatic heterocycles. The zero-order chi connectivity index (χ0) is 15.1. The first kappa shape index (κ1) is 17.4. The van der Waals surface area contributed by atoms with Gasteiger partial charge in [0.1, 0.15) is 6.61 Å². The minimum absolute atomic E-state index is 0.0148. The molecule has 20 heavy (non-hydrogen) atoms. The maximum atomic E-state index is 12.1. The van der Waals surface area contributed by atoms with Gasteiger partial charge in [0.2, 0.25) is 5.91 Å². The fourth-order valence-electron chi connectivity index (χ4n) is 2.92. The lowest BCUT2D eigenvalue weighted by Crippen LogP contribution is -2.42. The first-order valence-corrected chi connectivity index (χ1v) is 7.92. The van der Waals surface area contributed by atoms with Crippen molar-refractivity contribution >= 4 is 5.91 Å². The van der Waals surface area contributed by atoms with Crippen molar-refractivity contribution < 1.29 is 14.6 Å². The van der Waals surface area contributed by atoms with Gasteiger partial charge in [-0.15, -0.1) is 0 Å². The van der Waals surface area contributed by atoms with Gasteiger partial charge >= 0.3 is 0 Å². The summed E-state index contributed by atoms with van der Waals surface area (Å²) in [6.07, 6.45) is 5.65. The van der Waals surface area contributed by atoms with Crippen LogP contribution in [0.15, 0.2) is 0 Å². The maximum Gasteiger partial charge on any atom is 0.248 e. The highest BCUT2D eigenvalue weighted by molar-refractivity contribution is 5.77. The molecule has 1 amide bonds. The molecule has 0 aromatic rings. The summed E-state index contributed by atoms with van der Waals surface area (Å²) in [7, 11) is 1.76. The molecule has 0 heterocycles. The first-order chi connectivity index (χ1) is 9.43. The molecular formula is C16H31NO3. The Morgan fingerprint density at radius 2 is 2.10 bits per heavy atom. The van der Waals surface area contributed by atoms with E-state index in [1.807, 2.05) is 0 Å². The minimum atomic E-state index is -0.101. The highest BCUT2D eigenvalue weighted by Crippen LogP contribution is 2.25. The van der Waals surface area contributed by atoms with Crippen LogP contribution in [0.2, 0.25) is 0 Å². The highest BCUT2D eigenvalue weighted by atomic mass is 16.5. The fourth-order valence-corrected chi connectivity index (χ4v) is 2.92. The average molecular weight is 285 g/mol. The lowest BCUT2D eigenvalue weighted by Gasteiger charge is -2.30. The topological polar surface area (TPSA) is 49.8 Å². The molecule has 1 N–H and O–H groups in total. The van der Waals surface area contributed by atoms with E-state index >= 15 is 0 Å². The third-order valence-corrected chi connectivity index (χ3v) is 4.23. The third-order valence-electron chi connectivity index (χ3n) is 4.23. The standard InChI is InChI=1S/C16H31NO3/c1-12(2)8-14(10-18)17(4)16(19)11-20-15-7-5-6-13(3)9-15/h12-15,18H,5-11H2,1-4H3/t13-,14+,15+/m0/s1. The molecule has 0 spiro atoms. The van der Waals surface area contributed by atoms with Crippen molar-refractivity contribution in [2.45, 2.75) is 65.0 Å². The Morgan fingerprint density at radius 1 is 1.40 bits per heavy atom. The van der Waals surface area contributed by atoms with Crippen LogP contribution < -0.4 is 0 Å². The number of rotatable bonds is 7. The van der Waals surface area contributed by atoms with Gasteiger partial charge in [-0.3, -0.25) is 4.79 Å². The van der Waals surface area contributed by atoms with Crippen LogP contribution in [-0.4, -0.2) is 48.3 Å². The van der Waals surface area contributed by atoms with Gasteiger partial charge < -0.3 is 14.7 Å². The third kappa shape index (κ3) is 5.80. The SMILES string of the molecule is CC(C)C[C@H](CO)N(C)C(=O)CO[C@@H]1CCC[C@H](C)C1. The summed E-state index contributed by atoms with van der Waals surface area (Å²) >= 11 is 0. The predicted molar refractivity (Wildman–Crippen MR) is 80.5 cm³/mol. The van der Waals surface area contributed by atoms with E-state index in [-0.39, 0.29) is 31.3 Å². The summed E-state index contributed by atoms with van der Waals surface area (Å²) in [5.74, 6) is 1.14. The Labute approximate surface area is 123 Å². The monoisotopic (exact) mass is 285 g/mol. The second-order valence-electron chi connectivity index (χ2n) is 6.68. The van der Waals surface area contributed by atoms with E-state index in [1.165, 1.54) is 12.8 Å². The number of aliphatic hydroxyl groups is 1. The molecule has 0 radical (unpaired) electrons. The molecular weight excluding hydrogens is 254 g/mol. The van der Waals surface area contributed by atoms with Crippen LogP contribution in [0.1, 0.15) is 52.9 Å². The van der Waals surface area contributed by atoms with Crippen molar-refractivity contribution in [1.29, 1.82) is 0 Å². The molecule has 1 aliphatic carbocycles. The van der Waals surface area contributed by atoms with Gasteiger partial charge in [0.25, 0.3) is 0 Å². The number of likely N-dealkylation sites (N-methyl/N-ethyl adjacent to an activating group) is 1. The van der Waals surface area contributed by atoms with Gasteiger partial charge in [-0.2, -0.15) is 0 Å². The fraction of sp³-hybridized carbons (Fsp3) is 0.938. The van der Waals surface area contributed by atoms with Crippen LogP contribution in [0.3, 0.4) is 0 Å². The van der Waals surface area contributed by atoms with Crippen LogP contribution in [0.5, 0.6) is 0 Å². The van der Waals surface area contributed by atoms with E-state index in [0.29, 0.717) is 11.8 Å². The molecule has 3 atom stereocenters. The molecule has 0 aromatic heterocycles. The number of hydrogen-bond acceptors (Lipinski definition) is 3. The molecule has 118 valence electrons. The van der Waals surface area contributed by atoms with Gasteiger partial charge in [-0.1, -0.05) is 33.6 Å². The first-order valence-electron chi connectivity index (χ1n) is 7.92. The lowest BCUT2D eigenvalue weighted by molar-refractivity contribution is -0.141. The number of aliphatic hydroxyl groups excluding tert-OH is 1. The zero-order valence-electron chi connectivity index (χ0n) is 13.5. The van der Waals surface area contributed by atoms with Crippen LogP contribution in [0, 0.1) is 11.8 Å². The molecule has 1 fully saturated rings. The molecule has 4 nitrogen and oxygen atoms in total. The van der Waals surface area contributed by atoms with Crippen LogP contribution in [0.25, 0.3) is 0 Å². The summed E-state index contributed by atoms with van der Waals surface area (Å²) in [6, 6.07) is -0.101. The van der Waals surface area contributed by atoms with Gasteiger partial charge in [0.05, 0.1) is 18.8 Å². The molecule has 4 heteroatoms. The molecule has 0 unspecified atom stereocenters. The zero-order valence-corrected chi connectivity index (χ0v) is 13.5. The van der Waals surface area contributed by atoms with Gasteiger partial charge in [-0.25, -0.2) is 0 Å². The summed E-state index contributed by atoms with van der Waals surface area (Å²) in [6.45, 7) is 6.60. The smallest absolute Gasteiger partial charge is 0.248 e. The minimum Gasteiger partial charge on any atom is -0.394 e. The molecule has 0 saturated heterocycles. The quantitative estimate of drug-likeness (QED) is 0.781. The van der Waals surface area contributed by atoms with Crippen molar-refractivity contribution in [3.05, 3.63) is 0 Å². The van der Waals surface area contributed by atoms with Gasteiger partial charge in [0.15, 0.2) is 0 Å². The van der Waals surface area contributed by atoms with Crippen LogP contribution >= 0.6 is 0 Å². The molecule has 1 aliphatic rings. The van der Waals surface area contributed by atoms with Crippen molar-refractivity contribution in [3.8, 4) is 0 Å². The largest absolute Gasteiger partial charge is 0.394 e. The van der Waals surface area contributed by atoms with Gasteiger partial charge in [-0.05, 0) is 31.1 Å². The summed E-state index contributed by atoms with van der Waals surface area (Å²) in [4.78, 5) is 13.8. The predicted octanol–water partition coefficient (Wildman–Crippen LogP) is 2.45. The Kier molecular flexibility index (Phi) is 7.52. The Morgan fingerprint density at radius 3 is 2.65 bits per heavy atom.